The molecule has 0 aliphatic heterocycles. The van der Waals surface area contributed by atoms with Crippen LogP contribution in [0.2, 0.25) is 0 Å². The number of para-hydroxylation sites is 2. The van der Waals surface area contributed by atoms with E-state index >= 15 is 0 Å². The fraction of sp³-hybridized carbons (Fsp3) is 0.500. The summed E-state index contributed by atoms with van der Waals surface area (Å²) in [4.78, 5) is 16.2. The van der Waals surface area contributed by atoms with Crippen molar-refractivity contribution in [2.75, 3.05) is 0 Å². The summed E-state index contributed by atoms with van der Waals surface area (Å²) in [6, 6.07) is 7.57. The van der Waals surface area contributed by atoms with E-state index in [2.05, 4.69) is 4.98 Å². The highest BCUT2D eigenvalue weighted by molar-refractivity contribution is 5.74. The summed E-state index contributed by atoms with van der Waals surface area (Å²) >= 11 is 0. The molecule has 1 aromatic carbocycles. The minimum absolute atomic E-state index is 0.140. The smallest absolute Gasteiger partial charge is 0.269 e. The van der Waals surface area contributed by atoms with E-state index in [4.69, 9.17) is 0 Å². The molecule has 1 aliphatic carbocycles. The van der Waals surface area contributed by atoms with E-state index in [-0.39, 0.29) is 5.56 Å². The third-order valence-electron chi connectivity index (χ3n) is 4.32. The number of rotatable bonds is 3. The fourth-order valence-electron chi connectivity index (χ4n) is 3.16. The van der Waals surface area contributed by atoms with Crippen LogP contribution in [0, 0.1) is 5.92 Å². The Labute approximate surface area is 118 Å². The van der Waals surface area contributed by atoms with E-state index < -0.39 is 6.10 Å². The molecule has 1 fully saturated rings. The Kier molecular flexibility index (Phi) is 3.83. The Morgan fingerprint density at radius 3 is 2.80 bits per heavy atom. The van der Waals surface area contributed by atoms with Gasteiger partial charge in [0.25, 0.3) is 5.56 Å². The summed E-state index contributed by atoms with van der Waals surface area (Å²) in [6.07, 6.45) is 6.68. The lowest BCUT2D eigenvalue weighted by molar-refractivity contribution is 0.0698. The van der Waals surface area contributed by atoms with E-state index in [0.29, 0.717) is 12.5 Å². The minimum atomic E-state index is -0.446. The van der Waals surface area contributed by atoms with Gasteiger partial charge in [-0.25, -0.2) is 4.98 Å². The number of aliphatic hydroxyl groups is 1. The number of aliphatic hydroxyl groups excluding tert-OH is 1. The molecule has 1 atom stereocenters. The van der Waals surface area contributed by atoms with Crippen molar-refractivity contribution in [1.29, 1.82) is 0 Å². The van der Waals surface area contributed by atoms with E-state index in [1.54, 1.807) is 4.57 Å². The molecular formula is C16H20N2O2. The molecule has 3 rings (SSSR count). The maximum atomic E-state index is 12.0. The van der Waals surface area contributed by atoms with Gasteiger partial charge in [0, 0.05) is 0 Å². The van der Waals surface area contributed by atoms with Crippen molar-refractivity contribution in [2.45, 2.75) is 44.8 Å². The van der Waals surface area contributed by atoms with Crippen LogP contribution in [0.5, 0.6) is 0 Å². The zero-order valence-electron chi connectivity index (χ0n) is 11.5. The van der Waals surface area contributed by atoms with Gasteiger partial charge in [0.1, 0.15) is 0 Å². The Balaban J connectivity index is 1.89. The van der Waals surface area contributed by atoms with Gasteiger partial charge in [-0.05, 0) is 30.9 Å². The Morgan fingerprint density at radius 1 is 1.25 bits per heavy atom. The van der Waals surface area contributed by atoms with Crippen LogP contribution in [-0.2, 0) is 6.54 Å². The molecule has 2 aromatic rings. The molecule has 0 saturated heterocycles. The van der Waals surface area contributed by atoms with Gasteiger partial charge in [0.05, 0.1) is 29.9 Å². The van der Waals surface area contributed by atoms with Crippen LogP contribution in [0.15, 0.2) is 35.3 Å². The predicted molar refractivity (Wildman–Crippen MR) is 78.6 cm³/mol. The van der Waals surface area contributed by atoms with Gasteiger partial charge in [-0.2, -0.15) is 0 Å². The molecule has 0 bridgehead atoms. The van der Waals surface area contributed by atoms with Gasteiger partial charge in [-0.15, -0.1) is 0 Å². The van der Waals surface area contributed by atoms with Crippen LogP contribution < -0.4 is 5.56 Å². The second kappa shape index (κ2) is 5.75. The van der Waals surface area contributed by atoms with Crippen LogP contribution in [0.3, 0.4) is 0 Å². The number of fused-ring (bicyclic) bond motifs is 1. The van der Waals surface area contributed by atoms with Gasteiger partial charge in [0.15, 0.2) is 0 Å². The minimum Gasteiger partial charge on any atom is -0.391 e. The standard InChI is InChI=1S/C16H20N2O2/c19-15(12-6-2-1-3-7-12)11-18-14-9-5-4-8-13(14)17-10-16(18)20/h4-5,8-10,12,15,19H,1-3,6-7,11H2. The number of aromatic nitrogens is 2. The summed E-state index contributed by atoms with van der Waals surface area (Å²) < 4.78 is 1.65. The lowest BCUT2D eigenvalue weighted by Gasteiger charge is -2.27. The number of hydrogen-bond acceptors (Lipinski definition) is 3. The largest absolute Gasteiger partial charge is 0.391 e. The van der Waals surface area contributed by atoms with Crippen LogP contribution in [0.1, 0.15) is 32.1 Å². The van der Waals surface area contributed by atoms with Crippen LogP contribution in [0.25, 0.3) is 11.0 Å². The molecule has 0 spiro atoms. The number of hydrogen-bond donors (Lipinski definition) is 1. The molecule has 1 unspecified atom stereocenters. The summed E-state index contributed by atoms with van der Waals surface area (Å²) in [7, 11) is 0. The average molecular weight is 272 g/mol. The van der Waals surface area contributed by atoms with E-state index in [1.165, 1.54) is 25.5 Å². The monoisotopic (exact) mass is 272 g/mol. The summed E-state index contributed by atoms with van der Waals surface area (Å²) in [5.74, 6) is 0.322. The molecule has 4 heteroatoms. The molecule has 20 heavy (non-hydrogen) atoms. The molecule has 1 saturated carbocycles. The molecular weight excluding hydrogens is 252 g/mol. The molecule has 4 nitrogen and oxygen atoms in total. The van der Waals surface area contributed by atoms with E-state index in [1.807, 2.05) is 24.3 Å². The highest BCUT2D eigenvalue weighted by Gasteiger charge is 2.22. The molecule has 0 amide bonds. The third-order valence-corrected chi connectivity index (χ3v) is 4.32. The lowest BCUT2D eigenvalue weighted by atomic mass is 9.85. The van der Waals surface area contributed by atoms with Crippen molar-refractivity contribution >= 4 is 11.0 Å². The second-order valence-corrected chi connectivity index (χ2v) is 5.66. The van der Waals surface area contributed by atoms with E-state index in [9.17, 15) is 9.90 Å². The second-order valence-electron chi connectivity index (χ2n) is 5.66. The summed E-state index contributed by atoms with van der Waals surface area (Å²) in [5.41, 5.74) is 1.45. The van der Waals surface area contributed by atoms with Crippen molar-refractivity contribution in [3.05, 3.63) is 40.8 Å². The third kappa shape index (κ3) is 2.61. The zero-order chi connectivity index (χ0) is 13.9. The first kappa shape index (κ1) is 13.3. The lowest BCUT2D eigenvalue weighted by Crippen LogP contribution is -2.32. The van der Waals surface area contributed by atoms with Gasteiger partial charge in [-0.1, -0.05) is 31.4 Å². The quantitative estimate of drug-likeness (QED) is 0.933. The van der Waals surface area contributed by atoms with Crippen LogP contribution in [-0.4, -0.2) is 20.8 Å². The van der Waals surface area contributed by atoms with Crippen LogP contribution in [0.4, 0.5) is 0 Å². The molecule has 1 aliphatic rings. The highest BCUT2D eigenvalue weighted by atomic mass is 16.3. The molecule has 1 N–H and O–H groups in total. The average Bonchev–Trinajstić information content (AvgIpc) is 2.51. The van der Waals surface area contributed by atoms with Gasteiger partial charge in [-0.3, -0.25) is 4.79 Å². The molecule has 0 radical (unpaired) electrons. The Bertz CT molecular complexity index is 644. The van der Waals surface area contributed by atoms with Crippen molar-refractivity contribution < 1.29 is 5.11 Å². The number of nitrogens with zero attached hydrogens (tertiary/aromatic N) is 2. The van der Waals surface area contributed by atoms with Crippen molar-refractivity contribution in [3.63, 3.8) is 0 Å². The SMILES string of the molecule is O=c1cnc2ccccc2n1CC(O)C1CCCCC1. The van der Waals surface area contributed by atoms with Crippen molar-refractivity contribution in [3.8, 4) is 0 Å². The van der Waals surface area contributed by atoms with Crippen molar-refractivity contribution in [1.82, 2.24) is 9.55 Å². The maximum Gasteiger partial charge on any atom is 0.269 e. The first-order valence-corrected chi connectivity index (χ1v) is 7.38. The van der Waals surface area contributed by atoms with E-state index in [0.717, 1.165) is 23.9 Å². The summed E-state index contributed by atoms with van der Waals surface area (Å²) in [6.45, 7) is 0.368. The van der Waals surface area contributed by atoms with Gasteiger partial charge in [0.2, 0.25) is 0 Å². The van der Waals surface area contributed by atoms with Gasteiger partial charge >= 0.3 is 0 Å². The first-order valence-electron chi connectivity index (χ1n) is 7.38. The fourth-order valence-corrected chi connectivity index (χ4v) is 3.16. The number of benzene rings is 1. The van der Waals surface area contributed by atoms with Gasteiger partial charge < -0.3 is 9.67 Å². The molecule has 106 valence electrons. The zero-order valence-corrected chi connectivity index (χ0v) is 11.5. The van der Waals surface area contributed by atoms with Crippen LogP contribution >= 0.6 is 0 Å². The predicted octanol–water partition coefficient (Wildman–Crippen LogP) is 2.34. The Morgan fingerprint density at radius 2 is 2.00 bits per heavy atom. The maximum absolute atomic E-state index is 12.0. The van der Waals surface area contributed by atoms with Crippen molar-refractivity contribution in [2.24, 2.45) is 5.92 Å². The topological polar surface area (TPSA) is 55.1 Å². The highest BCUT2D eigenvalue weighted by Crippen LogP contribution is 2.27. The first-order chi connectivity index (χ1) is 9.75. The molecule has 1 aromatic heterocycles. The molecule has 1 heterocycles. The normalized spacial score (nSPS) is 18.2. The Hall–Kier alpha value is -1.68. The summed E-state index contributed by atoms with van der Waals surface area (Å²) in [5, 5.41) is 10.4.